The Morgan fingerprint density at radius 1 is 1.09 bits per heavy atom. The summed E-state index contributed by atoms with van der Waals surface area (Å²) in [6.45, 7) is 5.42. The maximum Gasteiger partial charge on any atom is 0.161 e. The smallest absolute Gasteiger partial charge is 0.161 e. The predicted octanol–water partition coefficient (Wildman–Crippen LogP) is 5.60. The Morgan fingerprint density at radius 2 is 1.82 bits per heavy atom. The molecule has 3 aliphatic rings. The number of benzene rings is 1. The lowest BCUT2D eigenvalue weighted by molar-refractivity contribution is 0.0953. The van der Waals surface area contributed by atoms with Gasteiger partial charge in [0.1, 0.15) is 23.8 Å². The molecule has 1 spiro atoms. The summed E-state index contributed by atoms with van der Waals surface area (Å²) in [5.74, 6) is 3.31. The average molecular weight is 629 g/mol. The van der Waals surface area contributed by atoms with Gasteiger partial charge in [-0.05, 0) is 109 Å². The number of hydrogen-bond acceptors (Lipinski definition) is 6. The van der Waals surface area contributed by atoms with Gasteiger partial charge in [-0.2, -0.15) is 0 Å². The summed E-state index contributed by atoms with van der Waals surface area (Å²) in [4.78, 5) is 15.4. The molecule has 3 fully saturated rings. The maximum atomic E-state index is 6.24. The van der Waals surface area contributed by atoms with Crippen molar-refractivity contribution >= 4 is 55.2 Å². The van der Waals surface area contributed by atoms with E-state index in [1.807, 2.05) is 0 Å². The van der Waals surface area contributed by atoms with Crippen molar-refractivity contribution in [2.24, 2.45) is 5.41 Å². The van der Waals surface area contributed by atoms with Gasteiger partial charge in [-0.25, -0.2) is 9.97 Å². The Kier molecular flexibility index (Phi) is 7.35. The minimum absolute atomic E-state index is 0.400. The Morgan fingerprint density at radius 3 is 2.45 bits per heavy atom. The summed E-state index contributed by atoms with van der Waals surface area (Å²) in [5, 5.41) is 1.11. The van der Waals surface area contributed by atoms with Crippen molar-refractivity contribution in [3.05, 3.63) is 19.9 Å². The van der Waals surface area contributed by atoms with Crippen LogP contribution in [0.5, 0.6) is 5.75 Å². The lowest BCUT2D eigenvalue weighted by Gasteiger charge is -2.48. The van der Waals surface area contributed by atoms with E-state index in [2.05, 4.69) is 61.4 Å². The number of ether oxygens (including phenoxy) is 2. The van der Waals surface area contributed by atoms with Gasteiger partial charge in [0.25, 0.3) is 0 Å². The van der Waals surface area contributed by atoms with Crippen molar-refractivity contribution in [1.29, 1.82) is 0 Å². The van der Waals surface area contributed by atoms with Crippen LogP contribution in [0.3, 0.4) is 0 Å². The molecule has 0 unspecified atom stereocenters. The number of anilines is 1. The Bertz CT molecular complexity index is 998. The predicted molar refractivity (Wildman–Crippen MR) is 145 cm³/mol. The first-order valence-corrected chi connectivity index (χ1v) is 14.1. The van der Waals surface area contributed by atoms with E-state index in [0.29, 0.717) is 24.5 Å². The van der Waals surface area contributed by atoms with E-state index in [0.717, 1.165) is 75.4 Å². The molecule has 8 heteroatoms. The highest BCUT2D eigenvalue weighted by Crippen LogP contribution is 2.50. The Hall–Kier alpha value is -0.710. The molecule has 0 radical (unpaired) electrons. The van der Waals surface area contributed by atoms with E-state index in [9.17, 15) is 0 Å². The number of aromatic nitrogens is 2. The summed E-state index contributed by atoms with van der Waals surface area (Å²) < 4.78 is 13.6. The van der Waals surface area contributed by atoms with Crippen molar-refractivity contribution in [2.75, 3.05) is 58.5 Å². The van der Waals surface area contributed by atoms with Gasteiger partial charge in [0.2, 0.25) is 0 Å². The quantitative estimate of drug-likeness (QED) is 0.307. The summed E-state index contributed by atoms with van der Waals surface area (Å²) in [7, 11) is 3.91. The molecule has 0 atom stereocenters. The number of rotatable bonds is 6. The molecule has 1 aromatic heterocycles. The molecule has 0 bridgehead atoms. The van der Waals surface area contributed by atoms with E-state index in [4.69, 9.17) is 19.4 Å². The van der Waals surface area contributed by atoms with E-state index in [1.54, 1.807) is 7.11 Å². The zero-order valence-electron chi connectivity index (χ0n) is 19.7. The highest BCUT2D eigenvalue weighted by molar-refractivity contribution is 14.1. The summed E-state index contributed by atoms with van der Waals surface area (Å²) >= 11 is 6.16. The third kappa shape index (κ3) is 4.86. The van der Waals surface area contributed by atoms with Crippen LogP contribution in [-0.2, 0) is 4.74 Å². The minimum Gasteiger partial charge on any atom is -0.488 e. The van der Waals surface area contributed by atoms with Crippen LogP contribution >= 0.6 is 38.5 Å². The van der Waals surface area contributed by atoms with Gasteiger partial charge < -0.3 is 19.3 Å². The Labute approximate surface area is 219 Å². The van der Waals surface area contributed by atoms with Gasteiger partial charge in [-0.1, -0.05) is 6.42 Å². The van der Waals surface area contributed by atoms with Gasteiger partial charge in [-0.15, -0.1) is 0 Å². The van der Waals surface area contributed by atoms with Crippen LogP contribution in [0.4, 0.5) is 5.82 Å². The second-order valence-corrected chi connectivity index (χ2v) is 12.0. The number of hydrogen-bond donors (Lipinski definition) is 0. The number of piperidine rings is 2. The van der Waals surface area contributed by atoms with Gasteiger partial charge in [0.15, 0.2) is 5.75 Å². The lowest BCUT2D eigenvalue weighted by Crippen LogP contribution is -2.44. The molecule has 180 valence electrons. The lowest BCUT2D eigenvalue weighted by atomic mass is 9.63. The molecule has 2 aliphatic heterocycles. The van der Waals surface area contributed by atoms with Crippen LogP contribution in [-0.4, -0.2) is 68.4 Å². The molecule has 5 rings (SSSR count). The van der Waals surface area contributed by atoms with E-state index in [-0.39, 0.29) is 0 Å². The second kappa shape index (κ2) is 10.1. The second-order valence-electron chi connectivity index (χ2n) is 10.1. The maximum absolute atomic E-state index is 6.24. The zero-order valence-corrected chi connectivity index (χ0v) is 23.5. The molecular weight excluding hydrogens is 595 g/mol. The summed E-state index contributed by atoms with van der Waals surface area (Å²) in [6, 6.07) is 2.23. The van der Waals surface area contributed by atoms with E-state index in [1.165, 1.54) is 32.1 Å². The fourth-order valence-corrected chi connectivity index (χ4v) is 6.57. The largest absolute Gasteiger partial charge is 0.488 e. The van der Waals surface area contributed by atoms with Crippen LogP contribution < -0.4 is 9.64 Å². The SMILES string of the molecule is COCCOc1c(Br)c(I)cc2c(N3CCC4(CCC4)CC3)nc(C3CCN(C)CC3)nc12. The van der Waals surface area contributed by atoms with Crippen LogP contribution in [0.15, 0.2) is 10.5 Å². The fourth-order valence-electron chi connectivity index (χ4n) is 5.60. The van der Waals surface area contributed by atoms with Crippen LogP contribution in [0.25, 0.3) is 10.9 Å². The highest BCUT2D eigenvalue weighted by Gasteiger charge is 2.40. The number of nitrogens with zero attached hydrogens (tertiary/aromatic N) is 4. The molecular formula is C25H34BrIN4O2. The Balaban J connectivity index is 1.57. The molecule has 0 amide bonds. The van der Waals surface area contributed by atoms with E-state index < -0.39 is 0 Å². The first-order chi connectivity index (χ1) is 16.0. The molecule has 2 aromatic rings. The molecule has 6 nitrogen and oxygen atoms in total. The van der Waals surface area contributed by atoms with Crippen molar-refractivity contribution < 1.29 is 9.47 Å². The van der Waals surface area contributed by atoms with Crippen molar-refractivity contribution in [2.45, 2.75) is 50.9 Å². The number of fused-ring (bicyclic) bond motifs is 1. The fraction of sp³-hybridized carbons (Fsp3) is 0.680. The van der Waals surface area contributed by atoms with Crippen molar-refractivity contribution in [1.82, 2.24) is 14.9 Å². The van der Waals surface area contributed by atoms with Gasteiger partial charge >= 0.3 is 0 Å². The number of halogens is 2. The first-order valence-electron chi connectivity index (χ1n) is 12.2. The van der Waals surface area contributed by atoms with Crippen LogP contribution in [0.2, 0.25) is 0 Å². The molecule has 3 heterocycles. The molecule has 1 saturated carbocycles. The van der Waals surface area contributed by atoms with Gasteiger partial charge in [0, 0.05) is 35.1 Å². The number of methoxy groups -OCH3 is 1. The standard InChI is InChI=1S/C25H34BrIN4O2/c1-30-10-4-17(5-11-30)23-28-21-18(16-19(27)20(26)22(21)33-15-14-32-2)24(29-23)31-12-8-25(9-13-31)6-3-7-25/h16-17H,3-15H2,1-2H3. The molecule has 0 N–H and O–H groups in total. The molecule has 1 aliphatic carbocycles. The molecule has 1 aromatic carbocycles. The van der Waals surface area contributed by atoms with Gasteiger partial charge in [0.05, 0.1) is 11.1 Å². The third-order valence-corrected chi connectivity index (χ3v) is 10.4. The third-order valence-electron chi connectivity index (χ3n) is 7.99. The minimum atomic E-state index is 0.400. The van der Waals surface area contributed by atoms with Crippen molar-refractivity contribution in [3.8, 4) is 5.75 Å². The number of likely N-dealkylation sites (tertiary alicyclic amines) is 1. The zero-order chi connectivity index (χ0) is 23.0. The first kappa shape index (κ1) is 24.0. The van der Waals surface area contributed by atoms with Gasteiger partial charge in [-0.3, -0.25) is 0 Å². The van der Waals surface area contributed by atoms with Crippen LogP contribution in [0, 0.1) is 8.99 Å². The highest BCUT2D eigenvalue weighted by atomic mass is 127. The average Bonchev–Trinajstić information content (AvgIpc) is 2.81. The summed E-state index contributed by atoms with van der Waals surface area (Å²) in [6.07, 6.45) is 9.01. The monoisotopic (exact) mass is 628 g/mol. The normalized spacial score (nSPS) is 21.5. The van der Waals surface area contributed by atoms with Crippen LogP contribution in [0.1, 0.15) is 56.7 Å². The summed E-state index contributed by atoms with van der Waals surface area (Å²) in [5.41, 5.74) is 1.54. The van der Waals surface area contributed by atoms with E-state index >= 15 is 0 Å². The molecule has 2 saturated heterocycles. The molecule has 33 heavy (non-hydrogen) atoms. The van der Waals surface area contributed by atoms with Crippen molar-refractivity contribution in [3.63, 3.8) is 0 Å². The topological polar surface area (TPSA) is 50.7 Å².